The average molecular weight is 879 g/mol. The minimum Gasteiger partial charge on any atom is -0.392 e. The van der Waals surface area contributed by atoms with E-state index in [1.165, 1.54) is 37.4 Å². The van der Waals surface area contributed by atoms with Gasteiger partial charge in [-0.25, -0.2) is 27.1 Å². The summed E-state index contributed by atoms with van der Waals surface area (Å²) in [6, 6.07) is 5.60. The number of nitrogens with zero attached hydrogens (tertiary/aromatic N) is 4. The van der Waals surface area contributed by atoms with Gasteiger partial charge in [-0.05, 0) is 82.2 Å². The highest BCUT2D eigenvalue weighted by Crippen LogP contribution is 2.32. The van der Waals surface area contributed by atoms with Crippen molar-refractivity contribution in [3.8, 4) is 11.3 Å². The lowest BCUT2D eigenvalue weighted by Gasteiger charge is -2.22. The molecule has 0 aliphatic rings. The van der Waals surface area contributed by atoms with Gasteiger partial charge in [0, 0.05) is 63.7 Å². The molecule has 14 heteroatoms. The predicted molar refractivity (Wildman–Crippen MR) is 252 cm³/mol. The van der Waals surface area contributed by atoms with E-state index in [0.29, 0.717) is 61.4 Å². The van der Waals surface area contributed by atoms with Crippen LogP contribution in [0.5, 0.6) is 0 Å². The van der Waals surface area contributed by atoms with Crippen molar-refractivity contribution in [3.05, 3.63) is 108 Å². The first kappa shape index (κ1) is 53.5. The molecule has 1 amide bonds. The number of rotatable bonds is 31. The Morgan fingerprint density at radius 3 is 2.02 bits per heavy atom. The summed E-state index contributed by atoms with van der Waals surface area (Å²) in [5, 5.41) is 28.0. The normalized spacial score (nSPS) is 14.2. The minimum atomic E-state index is -3.69. The maximum absolute atomic E-state index is 13.8. The van der Waals surface area contributed by atoms with E-state index >= 15 is 0 Å². The number of aliphatic hydroxyl groups is 2. The zero-order chi connectivity index (χ0) is 45.8. The lowest BCUT2D eigenvalue weighted by atomic mass is 9.95. The van der Waals surface area contributed by atoms with Crippen molar-refractivity contribution in [2.75, 3.05) is 57.4 Å². The van der Waals surface area contributed by atoms with Crippen molar-refractivity contribution < 1.29 is 32.6 Å². The van der Waals surface area contributed by atoms with Crippen LogP contribution in [0, 0.1) is 11.7 Å². The number of likely N-dealkylation sites (N-methyl/N-ethyl adjacent to an activating group) is 1. The lowest BCUT2D eigenvalue weighted by molar-refractivity contribution is -0.121. The number of unbranched alkanes of at least 4 members (excludes halogenated alkanes) is 1. The fraction of sp³-hybridized carbons (Fsp3) is 0.500. The van der Waals surface area contributed by atoms with E-state index in [1.54, 1.807) is 6.08 Å². The molecule has 1 aromatic carbocycles. The molecule has 0 aliphatic heterocycles. The molecule has 0 aliphatic carbocycles. The molecule has 0 fully saturated rings. The molecule has 0 bridgehead atoms. The molecule has 0 radical (unpaired) electrons. The second-order valence-electron chi connectivity index (χ2n) is 15.6. The summed E-state index contributed by atoms with van der Waals surface area (Å²) in [6.45, 7) is 8.49. The second-order valence-corrected chi connectivity index (χ2v) is 17.6. The minimum absolute atomic E-state index is 0.0288. The Bertz CT molecular complexity index is 1910. The Labute approximate surface area is 370 Å². The molecule has 0 saturated heterocycles. The predicted octanol–water partition coefficient (Wildman–Crippen LogP) is 7.30. The third kappa shape index (κ3) is 22.0. The van der Waals surface area contributed by atoms with E-state index < -0.39 is 34.0 Å². The van der Waals surface area contributed by atoms with E-state index in [9.17, 15) is 32.6 Å². The Balaban J connectivity index is 1.74. The molecule has 342 valence electrons. The molecule has 62 heavy (non-hydrogen) atoms. The third-order valence-corrected chi connectivity index (χ3v) is 11.0. The number of aliphatic hydroxyl groups excluding tert-OH is 2. The molecule has 1 heterocycles. The number of aldehydes is 1. The van der Waals surface area contributed by atoms with Gasteiger partial charge in [0.05, 0.1) is 35.8 Å². The monoisotopic (exact) mass is 879 g/mol. The van der Waals surface area contributed by atoms with Crippen molar-refractivity contribution in [1.29, 1.82) is 0 Å². The van der Waals surface area contributed by atoms with Gasteiger partial charge in [0.25, 0.3) is 0 Å². The van der Waals surface area contributed by atoms with Crippen LogP contribution < -0.4 is 14.9 Å². The van der Waals surface area contributed by atoms with E-state index in [4.69, 9.17) is 0 Å². The van der Waals surface area contributed by atoms with Crippen LogP contribution in [0.4, 0.5) is 10.3 Å². The van der Waals surface area contributed by atoms with Crippen molar-refractivity contribution in [2.24, 2.45) is 5.92 Å². The average Bonchev–Trinajstić information content (AvgIpc) is 3.23. The third-order valence-electron chi connectivity index (χ3n) is 9.84. The number of nitrogens with one attached hydrogen (secondary N) is 2. The van der Waals surface area contributed by atoms with Crippen molar-refractivity contribution in [3.63, 3.8) is 0 Å². The summed E-state index contributed by atoms with van der Waals surface area (Å²) in [7, 11) is -0.399. The lowest BCUT2D eigenvalue weighted by Crippen LogP contribution is -2.39. The van der Waals surface area contributed by atoms with Gasteiger partial charge in [-0.2, -0.15) is 0 Å². The number of hydrogen-bond donors (Lipinski definition) is 4. The van der Waals surface area contributed by atoms with Crippen LogP contribution in [0.2, 0.25) is 0 Å². The molecule has 3 atom stereocenters. The summed E-state index contributed by atoms with van der Waals surface area (Å²) in [4.78, 5) is 35.3. The molecule has 0 saturated carbocycles. The molecule has 12 nitrogen and oxygen atoms in total. The van der Waals surface area contributed by atoms with Gasteiger partial charge in [-0.15, -0.1) is 0 Å². The number of sulfonamides is 1. The van der Waals surface area contributed by atoms with Crippen LogP contribution >= 0.6 is 0 Å². The van der Waals surface area contributed by atoms with Gasteiger partial charge < -0.3 is 30.5 Å². The Kier molecular flexibility index (Phi) is 26.3. The number of hydrogen-bond acceptors (Lipinski definition) is 10. The zero-order valence-electron chi connectivity index (χ0n) is 37.6. The number of aromatic nitrogens is 2. The van der Waals surface area contributed by atoms with Crippen LogP contribution in [0.3, 0.4) is 0 Å². The SMILES string of the molecule is CCC=CCC=CCC=CCC=CCC=CCCCC(=O)NCCN(C)CCNCC(C=O)C(O)CC(O)C=Cc1c(-c2ccc(F)cc2)nc(N(C)S(C)(=O)=O)nc1C(C)C. The maximum atomic E-state index is 13.8. The highest BCUT2D eigenvalue weighted by atomic mass is 32.2. The van der Waals surface area contributed by atoms with Crippen LogP contribution in [-0.4, -0.2) is 111 Å². The fourth-order valence-electron chi connectivity index (χ4n) is 6.05. The number of allylic oxidation sites excluding steroid dienone is 10. The number of carbonyl (C=O) groups is 2. The van der Waals surface area contributed by atoms with Gasteiger partial charge in [0.15, 0.2) is 0 Å². The molecule has 4 N–H and O–H groups in total. The van der Waals surface area contributed by atoms with Crippen LogP contribution in [0.15, 0.2) is 91.1 Å². The molecular formula is C48H71FN6O6S. The molecule has 2 aromatic rings. The Morgan fingerprint density at radius 1 is 0.871 bits per heavy atom. The molecule has 0 spiro atoms. The van der Waals surface area contributed by atoms with E-state index in [2.05, 4.69) is 93.2 Å². The summed E-state index contributed by atoms with van der Waals surface area (Å²) in [5.74, 6) is -1.43. The number of benzene rings is 1. The van der Waals surface area contributed by atoms with Gasteiger partial charge >= 0.3 is 0 Å². The van der Waals surface area contributed by atoms with Crippen molar-refractivity contribution in [2.45, 2.75) is 96.7 Å². The summed E-state index contributed by atoms with van der Waals surface area (Å²) in [6.07, 6.45) is 31.0. The van der Waals surface area contributed by atoms with Gasteiger partial charge in [0.1, 0.15) is 12.1 Å². The zero-order valence-corrected chi connectivity index (χ0v) is 38.4. The topological polar surface area (TPSA) is 165 Å². The van der Waals surface area contributed by atoms with E-state index in [1.807, 2.05) is 20.9 Å². The number of halogens is 1. The van der Waals surface area contributed by atoms with Crippen LogP contribution in [0.1, 0.15) is 95.7 Å². The Hall–Kier alpha value is -4.60. The smallest absolute Gasteiger partial charge is 0.239 e. The summed E-state index contributed by atoms with van der Waals surface area (Å²) >= 11 is 0. The van der Waals surface area contributed by atoms with Crippen LogP contribution in [-0.2, 0) is 19.6 Å². The number of anilines is 1. The molecule has 2 rings (SSSR count). The van der Waals surface area contributed by atoms with E-state index in [0.717, 1.165) is 55.5 Å². The first-order valence-corrected chi connectivity index (χ1v) is 23.5. The summed E-state index contributed by atoms with van der Waals surface area (Å²) in [5.41, 5.74) is 1.86. The summed E-state index contributed by atoms with van der Waals surface area (Å²) < 4.78 is 39.5. The first-order valence-electron chi connectivity index (χ1n) is 21.7. The number of carbonyl (C=O) groups excluding carboxylic acids is 2. The fourth-order valence-corrected chi connectivity index (χ4v) is 6.43. The first-order chi connectivity index (χ1) is 29.7. The standard InChI is InChI=1S/C48H71FN6O6S/c1-7-8-9-10-11-12-13-14-15-16-17-18-19-20-21-22-23-24-45(59)51-32-34-54(4)33-31-50-36-40(37-56)44(58)35-42(57)29-30-43-46(38(2)3)52-48(55(5)62(6,60)61)53-47(43)39-25-27-41(49)28-26-39/h8-9,11-12,14-15,17-18,20-21,25-30,37-38,40,42,44,50,57-58H,7,10,13,16,19,22-24,31-36H2,1-6H3,(H,51,59). The highest BCUT2D eigenvalue weighted by Gasteiger charge is 2.24. The Morgan fingerprint density at radius 2 is 1.45 bits per heavy atom. The second kappa shape index (κ2) is 30.4. The molecule has 3 unspecified atom stereocenters. The van der Waals surface area contributed by atoms with Crippen molar-refractivity contribution >= 4 is 34.2 Å². The molecular weight excluding hydrogens is 808 g/mol. The molecule has 1 aromatic heterocycles. The van der Waals surface area contributed by atoms with Gasteiger partial charge in [-0.3, -0.25) is 4.79 Å². The number of amides is 1. The largest absolute Gasteiger partial charge is 0.392 e. The van der Waals surface area contributed by atoms with E-state index in [-0.39, 0.29) is 30.7 Å². The van der Waals surface area contributed by atoms with Gasteiger partial charge in [-0.1, -0.05) is 93.7 Å². The highest BCUT2D eigenvalue weighted by molar-refractivity contribution is 7.92. The quantitative estimate of drug-likeness (QED) is 0.0343. The van der Waals surface area contributed by atoms with Gasteiger partial charge in [0.2, 0.25) is 21.9 Å². The maximum Gasteiger partial charge on any atom is 0.239 e. The van der Waals surface area contributed by atoms with Crippen LogP contribution in [0.25, 0.3) is 17.3 Å². The van der Waals surface area contributed by atoms with Crippen molar-refractivity contribution in [1.82, 2.24) is 25.5 Å².